The molecule has 0 saturated carbocycles. The van der Waals surface area contributed by atoms with Gasteiger partial charge in [-0.3, -0.25) is 4.79 Å². The molecule has 0 radical (unpaired) electrons. The van der Waals surface area contributed by atoms with Gasteiger partial charge in [-0.1, -0.05) is 6.92 Å². The summed E-state index contributed by atoms with van der Waals surface area (Å²) in [4.78, 5) is 13.4. The standard InChI is InChI=1S/C11H14ClNO3S/c1-3-8-13(2)11(14)9-4-6-10(7-5-9)17(12,15)16/h4-7H,3,8H2,1-2H3. The number of halogens is 1. The predicted octanol–water partition coefficient (Wildman–Crippen LogP) is 2.10. The largest absolute Gasteiger partial charge is 0.342 e. The fraction of sp³-hybridized carbons (Fsp3) is 0.364. The second kappa shape index (κ2) is 5.51. The number of benzene rings is 1. The van der Waals surface area contributed by atoms with Crippen LogP contribution < -0.4 is 0 Å². The topological polar surface area (TPSA) is 54.5 Å². The summed E-state index contributed by atoms with van der Waals surface area (Å²) < 4.78 is 22.0. The summed E-state index contributed by atoms with van der Waals surface area (Å²) in [7, 11) is 3.16. The van der Waals surface area contributed by atoms with Gasteiger partial charge in [0.25, 0.3) is 15.0 Å². The average molecular weight is 276 g/mol. The molecule has 1 aromatic carbocycles. The van der Waals surface area contributed by atoms with Gasteiger partial charge in [0.15, 0.2) is 0 Å². The van der Waals surface area contributed by atoms with Gasteiger partial charge in [-0.25, -0.2) is 8.42 Å². The zero-order chi connectivity index (χ0) is 13.1. The van der Waals surface area contributed by atoms with Crippen LogP contribution in [0.3, 0.4) is 0 Å². The van der Waals surface area contributed by atoms with Crippen molar-refractivity contribution in [2.75, 3.05) is 13.6 Å². The molecule has 4 nitrogen and oxygen atoms in total. The third kappa shape index (κ3) is 3.71. The maximum absolute atomic E-state index is 11.8. The number of rotatable bonds is 4. The highest BCUT2D eigenvalue weighted by molar-refractivity contribution is 8.13. The van der Waals surface area contributed by atoms with Gasteiger partial charge in [-0.15, -0.1) is 0 Å². The maximum Gasteiger partial charge on any atom is 0.261 e. The van der Waals surface area contributed by atoms with Crippen LogP contribution in [0.4, 0.5) is 0 Å². The van der Waals surface area contributed by atoms with Gasteiger partial charge < -0.3 is 4.90 Å². The van der Waals surface area contributed by atoms with Crippen LogP contribution in [0.15, 0.2) is 29.2 Å². The molecule has 1 amide bonds. The van der Waals surface area contributed by atoms with E-state index in [1.54, 1.807) is 11.9 Å². The third-order valence-corrected chi connectivity index (χ3v) is 3.66. The first-order chi connectivity index (χ1) is 7.86. The van der Waals surface area contributed by atoms with E-state index in [2.05, 4.69) is 0 Å². The Morgan fingerprint density at radius 2 is 1.82 bits per heavy atom. The summed E-state index contributed by atoms with van der Waals surface area (Å²) in [6.45, 7) is 2.64. The lowest BCUT2D eigenvalue weighted by Gasteiger charge is -2.15. The number of nitrogens with zero attached hydrogens (tertiary/aromatic N) is 1. The van der Waals surface area contributed by atoms with Crippen LogP contribution in [0.25, 0.3) is 0 Å². The van der Waals surface area contributed by atoms with E-state index in [4.69, 9.17) is 10.7 Å². The van der Waals surface area contributed by atoms with Gasteiger partial charge in [0.1, 0.15) is 0 Å². The molecule has 0 bridgehead atoms. The normalized spacial score (nSPS) is 11.2. The molecule has 0 aliphatic heterocycles. The SMILES string of the molecule is CCCN(C)C(=O)c1ccc(S(=O)(=O)Cl)cc1. The smallest absolute Gasteiger partial charge is 0.261 e. The summed E-state index contributed by atoms with van der Waals surface area (Å²) in [5, 5.41) is 0. The van der Waals surface area contributed by atoms with Gasteiger partial charge >= 0.3 is 0 Å². The first-order valence-electron chi connectivity index (χ1n) is 5.16. The van der Waals surface area contributed by atoms with E-state index in [0.717, 1.165) is 6.42 Å². The maximum atomic E-state index is 11.8. The van der Waals surface area contributed by atoms with E-state index in [-0.39, 0.29) is 10.8 Å². The molecule has 17 heavy (non-hydrogen) atoms. The van der Waals surface area contributed by atoms with Crippen LogP contribution in [0.1, 0.15) is 23.7 Å². The predicted molar refractivity (Wildman–Crippen MR) is 66.7 cm³/mol. The van der Waals surface area contributed by atoms with Crippen LogP contribution in [0.2, 0.25) is 0 Å². The Balaban J connectivity index is 2.92. The van der Waals surface area contributed by atoms with Crippen molar-refractivity contribution in [3.63, 3.8) is 0 Å². The minimum atomic E-state index is -3.73. The van der Waals surface area contributed by atoms with Crippen molar-refractivity contribution in [2.45, 2.75) is 18.2 Å². The molecule has 0 fully saturated rings. The molecule has 6 heteroatoms. The number of hydrogen-bond donors (Lipinski definition) is 0. The fourth-order valence-electron chi connectivity index (χ4n) is 1.42. The van der Waals surface area contributed by atoms with Gasteiger partial charge in [0, 0.05) is 29.8 Å². The van der Waals surface area contributed by atoms with E-state index in [9.17, 15) is 13.2 Å². The molecule has 0 heterocycles. The Kier molecular flexibility index (Phi) is 4.54. The van der Waals surface area contributed by atoms with Crippen molar-refractivity contribution in [1.29, 1.82) is 0 Å². The zero-order valence-corrected chi connectivity index (χ0v) is 11.3. The van der Waals surface area contributed by atoms with Crippen LogP contribution in [-0.4, -0.2) is 32.8 Å². The highest BCUT2D eigenvalue weighted by atomic mass is 35.7. The minimum Gasteiger partial charge on any atom is -0.342 e. The molecule has 0 N–H and O–H groups in total. The van der Waals surface area contributed by atoms with Crippen molar-refractivity contribution >= 4 is 25.6 Å². The average Bonchev–Trinajstić information content (AvgIpc) is 2.27. The quantitative estimate of drug-likeness (QED) is 0.791. The second-order valence-electron chi connectivity index (χ2n) is 3.69. The summed E-state index contributed by atoms with van der Waals surface area (Å²) in [5.74, 6) is -0.134. The lowest BCUT2D eigenvalue weighted by Crippen LogP contribution is -2.27. The lowest BCUT2D eigenvalue weighted by atomic mass is 10.2. The van der Waals surface area contributed by atoms with Crippen molar-refractivity contribution in [2.24, 2.45) is 0 Å². The van der Waals surface area contributed by atoms with Crippen LogP contribution in [0.5, 0.6) is 0 Å². The molecule has 0 aliphatic rings. The molecular weight excluding hydrogens is 262 g/mol. The van der Waals surface area contributed by atoms with Gasteiger partial charge in [-0.05, 0) is 30.7 Å². The molecule has 0 atom stereocenters. The second-order valence-corrected chi connectivity index (χ2v) is 6.25. The first-order valence-corrected chi connectivity index (χ1v) is 7.47. The summed E-state index contributed by atoms with van der Waals surface area (Å²) >= 11 is 0. The van der Waals surface area contributed by atoms with E-state index < -0.39 is 9.05 Å². The van der Waals surface area contributed by atoms with Crippen LogP contribution in [-0.2, 0) is 9.05 Å². The highest BCUT2D eigenvalue weighted by Gasteiger charge is 2.13. The Bertz CT molecular complexity index is 496. The Labute approximate surface area is 106 Å². The van der Waals surface area contributed by atoms with Crippen molar-refractivity contribution in [3.8, 4) is 0 Å². The van der Waals surface area contributed by atoms with Gasteiger partial charge in [-0.2, -0.15) is 0 Å². The van der Waals surface area contributed by atoms with Crippen molar-refractivity contribution in [3.05, 3.63) is 29.8 Å². The summed E-state index contributed by atoms with van der Waals surface area (Å²) in [5.41, 5.74) is 0.449. The molecule has 0 spiro atoms. The number of carbonyl (C=O) groups is 1. The van der Waals surface area contributed by atoms with Gasteiger partial charge in [0.2, 0.25) is 0 Å². The molecule has 1 aromatic rings. The van der Waals surface area contributed by atoms with E-state index >= 15 is 0 Å². The minimum absolute atomic E-state index is 0.00568. The first kappa shape index (κ1) is 14.0. The molecule has 0 aromatic heterocycles. The Morgan fingerprint density at radius 3 is 2.24 bits per heavy atom. The van der Waals surface area contributed by atoms with Crippen LogP contribution in [0, 0.1) is 0 Å². The Morgan fingerprint density at radius 1 is 1.29 bits per heavy atom. The van der Waals surface area contributed by atoms with Crippen LogP contribution >= 0.6 is 10.7 Å². The molecule has 0 aliphatic carbocycles. The summed E-state index contributed by atoms with van der Waals surface area (Å²) in [6.07, 6.45) is 0.871. The molecular formula is C11H14ClNO3S. The molecule has 0 unspecified atom stereocenters. The van der Waals surface area contributed by atoms with E-state index in [1.807, 2.05) is 6.92 Å². The number of hydrogen-bond acceptors (Lipinski definition) is 3. The zero-order valence-electron chi connectivity index (χ0n) is 9.68. The Hall–Kier alpha value is -1.07. The molecule has 1 rings (SSSR count). The highest BCUT2D eigenvalue weighted by Crippen LogP contribution is 2.16. The fourth-order valence-corrected chi connectivity index (χ4v) is 2.19. The number of carbonyl (C=O) groups excluding carboxylic acids is 1. The van der Waals surface area contributed by atoms with E-state index in [0.29, 0.717) is 12.1 Å². The lowest BCUT2D eigenvalue weighted by molar-refractivity contribution is 0.0795. The van der Waals surface area contributed by atoms with Crippen molar-refractivity contribution in [1.82, 2.24) is 4.90 Å². The summed E-state index contributed by atoms with van der Waals surface area (Å²) in [6, 6.07) is 5.58. The van der Waals surface area contributed by atoms with E-state index in [1.165, 1.54) is 24.3 Å². The monoisotopic (exact) mass is 275 g/mol. The van der Waals surface area contributed by atoms with Crippen molar-refractivity contribution < 1.29 is 13.2 Å². The molecule has 0 saturated heterocycles. The van der Waals surface area contributed by atoms with Gasteiger partial charge in [0.05, 0.1) is 4.90 Å². The number of amides is 1. The third-order valence-electron chi connectivity index (χ3n) is 2.29. The molecule has 94 valence electrons.